The van der Waals surface area contributed by atoms with E-state index in [4.69, 9.17) is 0 Å². The number of nitrogens with zero attached hydrogens (tertiary/aromatic N) is 3. The van der Waals surface area contributed by atoms with E-state index >= 15 is 0 Å². The Hall–Kier alpha value is -1.23. The van der Waals surface area contributed by atoms with Crippen LogP contribution in [0, 0.1) is 6.92 Å². The fourth-order valence-corrected chi connectivity index (χ4v) is 3.68. The summed E-state index contributed by atoms with van der Waals surface area (Å²) in [6.07, 6.45) is 9.47. The Morgan fingerprint density at radius 1 is 1.42 bits per heavy atom. The summed E-state index contributed by atoms with van der Waals surface area (Å²) in [5.41, 5.74) is 2.12. The molecule has 102 valence electrons. The van der Waals surface area contributed by atoms with Crippen LogP contribution in [-0.2, 0) is 0 Å². The number of aryl methyl sites for hydroxylation is 1. The summed E-state index contributed by atoms with van der Waals surface area (Å²) in [6, 6.07) is 4.10. The zero-order valence-electron chi connectivity index (χ0n) is 11.5. The molecular weight excluding hydrogens is 256 g/mol. The highest BCUT2D eigenvalue weighted by Crippen LogP contribution is 2.40. The van der Waals surface area contributed by atoms with Crippen LogP contribution >= 0.6 is 11.8 Å². The predicted molar refractivity (Wildman–Crippen MR) is 80.9 cm³/mol. The van der Waals surface area contributed by atoms with Gasteiger partial charge in [-0.05, 0) is 43.7 Å². The predicted octanol–water partition coefficient (Wildman–Crippen LogP) is 3.13. The largest absolute Gasteiger partial charge is 0.352 e. The number of pyridine rings is 1. The van der Waals surface area contributed by atoms with Gasteiger partial charge in [-0.2, -0.15) is 16.7 Å². The summed E-state index contributed by atoms with van der Waals surface area (Å²) < 4.78 is 2.21. The lowest BCUT2D eigenvalue weighted by molar-refractivity contribution is 0.637. The molecule has 1 fully saturated rings. The normalized spacial score (nSPS) is 18.0. The van der Waals surface area contributed by atoms with E-state index in [0.29, 0.717) is 4.75 Å². The van der Waals surface area contributed by atoms with Crippen molar-refractivity contribution in [3.8, 4) is 0 Å². The molecule has 4 nitrogen and oxygen atoms in total. The second kappa shape index (κ2) is 5.04. The summed E-state index contributed by atoms with van der Waals surface area (Å²) in [7, 11) is 0. The van der Waals surface area contributed by atoms with E-state index in [-0.39, 0.29) is 0 Å². The minimum Gasteiger partial charge on any atom is -0.352 e. The van der Waals surface area contributed by atoms with Crippen LogP contribution in [0.25, 0.3) is 5.65 Å². The topological polar surface area (TPSA) is 42.2 Å². The molecule has 1 aliphatic rings. The summed E-state index contributed by atoms with van der Waals surface area (Å²) in [4.78, 5) is 4.53. The van der Waals surface area contributed by atoms with E-state index in [1.807, 2.05) is 28.5 Å². The standard InChI is InChI=1S/C14H20N4S/c1-11-5-8-18-12(9-11)16-13(17-18)15-10-14(19-2)6-3-4-7-14/h5,8-9H,3-4,6-7,10H2,1-2H3,(H,15,17). The van der Waals surface area contributed by atoms with Gasteiger partial charge in [0.2, 0.25) is 5.95 Å². The van der Waals surface area contributed by atoms with Crippen molar-refractivity contribution in [2.75, 3.05) is 18.1 Å². The van der Waals surface area contributed by atoms with Crippen molar-refractivity contribution in [2.45, 2.75) is 37.4 Å². The molecule has 0 bridgehead atoms. The summed E-state index contributed by atoms with van der Waals surface area (Å²) in [6.45, 7) is 3.03. The first-order valence-electron chi connectivity index (χ1n) is 6.83. The smallest absolute Gasteiger partial charge is 0.243 e. The molecule has 19 heavy (non-hydrogen) atoms. The van der Waals surface area contributed by atoms with Gasteiger partial charge in [-0.25, -0.2) is 4.52 Å². The lowest BCUT2D eigenvalue weighted by atomic mass is 10.1. The first-order valence-corrected chi connectivity index (χ1v) is 8.05. The summed E-state index contributed by atoms with van der Waals surface area (Å²) in [5, 5.41) is 7.89. The van der Waals surface area contributed by atoms with Gasteiger partial charge in [-0.1, -0.05) is 12.8 Å². The van der Waals surface area contributed by atoms with Gasteiger partial charge >= 0.3 is 0 Å². The van der Waals surface area contributed by atoms with Crippen LogP contribution in [0.3, 0.4) is 0 Å². The van der Waals surface area contributed by atoms with Gasteiger partial charge in [0.15, 0.2) is 5.65 Å². The first-order chi connectivity index (χ1) is 9.21. The molecule has 1 aliphatic carbocycles. The van der Waals surface area contributed by atoms with Crippen molar-refractivity contribution in [3.63, 3.8) is 0 Å². The van der Waals surface area contributed by atoms with Gasteiger partial charge in [-0.15, -0.1) is 5.10 Å². The highest BCUT2D eigenvalue weighted by atomic mass is 32.2. The SMILES string of the molecule is CSC1(CNc2nc3cc(C)ccn3n2)CCCC1. The van der Waals surface area contributed by atoms with Crippen LogP contribution in [0.15, 0.2) is 18.3 Å². The molecule has 0 spiro atoms. The fraction of sp³-hybridized carbons (Fsp3) is 0.571. The van der Waals surface area contributed by atoms with Gasteiger partial charge in [0.25, 0.3) is 0 Å². The molecule has 2 aromatic rings. The molecule has 3 rings (SSSR count). The van der Waals surface area contributed by atoms with Crippen LogP contribution in [0.2, 0.25) is 0 Å². The van der Waals surface area contributed by atoms with Crippen LogP contribution < -0.4 is 5.32 Å². The van der Waals surface area contributed by atoms with Gasteiger partial charge in [0.1, 0.15) is 0 Å². The molecule has 5 heteroatoms. The van der Waals surface area contributed by atoms with Gasteiger partial charge in [0.05, 0.1) is 0 Å². The van der Waals surface area contributed by atoms with Crippen molar-refractivity contribution < 1.29 is 0 Å². The third-order valence-electron chi connectivity index (χ3n) is 4.01. The molecule has 0 unspecified atom stereocenters. The number of thioether (sulfide) groups is 1. The molecule has 0 aromatic carbocycles. The third-order valence-corrected chi connectivity index (χ3v) is 5.43. The number of hydrogen-bond donors (Lipinski definition) is 1. The van der Waals surface area contributed by atoms with E-state index in [2.05, 4.69) is 34.6 Å². The minimum atomic E-state index is 0.382. The maximum Gasteiger partial charge on any atom is 0.243 e. The number of anilines is 1. The molecule has 0 radical (unpaired) electrons. The Kier molecular flexibility index (Phi) is 3.39. The van der Waals surface area contributed by atoms with Crippen LogP contribution in [0.1, 0.15) is 31.2 Å². The Morgan fingerprint density at radius 2 is 2.21 bits per heavy atom. The number of nitrogens with one attached hydrogen (secondary N) is 1. The number of aromatic nitrogens is 3. The van der Waals surface area contributed by atoms with Crippen LogP contribution in [0.4, 0.5) is 5.95 Å². The molecular formula is C14H20N4S. The summed E-state index contributed by atoms with van der Waals surface area (Å²) in [5.74, 6) is 0.742. The fourth-order valence-electron chi connectivity index (χ4n) is 2.77. The maximum absolute atomic E-state index is 4.53. The molecule has 1 N–H and O–H groups in total. The third kappa shape index (κ3) is 2.56. The minimum absolute atomic E-state index is 0.382. The molecule has 0 saturated heterocycles. The molecule has 2 aromatic heterocycles. The first kappa shape index (κ1) is 12.8. The number of hydrogen-bond acceptors (Lipinski definition) is 4. The van der Waals surface area contributed by atoms with E-state index in [1.165, 1.54) is 31.2 Å². The Morgan fingerprint density at radius 3 is 2.95 bits per heavy atom. The molecule has 0 amide bonds. The number of rotatable bonds is 4. The zero-order chi connectivity index (χ0) is 13.3. The van der Waals surface area contributed by atoms with Crippen LogP contribution in [-0.4, -0.2) is 32.1 Å². The average molecular weight is 276 g/mol. The zero-order valence-corrected chi connectivity index (χ0v) is 12.3. The maximum atomic E-state index is 4.53. The second-order valence-corrected chi connectivity index (χ2v) is 6.66. The lowest BCUT2D eigenvalue weighted by Crippen LogP contribution is -2.30. The van der Waals surface area contributed by atoms with Crippen molar-refractivity contribution in [1.29, 1.82) is 0 Å². The summed E-state index contributed by atoms with van der Waals surface area (Å²) >= 11 is 1.98. The van der Waals surface area contributed by atoms with E-state index in [1.54, 1.807) is 0 Å². The average Bonchev–Trinajstić information content (AvgIpc) is 3.02. The molecule has 1 saturated carbocycles. The molecule has 2 heterocycles. The van der Waals surface area contributed by atoms with Crippen molar-refractivity contribution in [3.05, 3.63) is 23.9 Å². The monoisotopic (exact) mass is 276 g/mol. The Bertz CT molecular complexity index is 572. The Labute approximate surface area is 118 Å². The van der Waals surface area contributed by atoms with Crippen molar-refractivity contribution in [2.24, 2.45) is 0 Å². The van der Waals surface area contributed by atoms with Gasteiger partial charge < -0.3 is 5.32 Å². The number of fused-ring (bicyclic) bond motifs is 1. The van der Waals surface area contributed by atoms with E-state index in [0.717, 1.165) is 18.1 Å². The second-order valence-electron chi connectivity index (χ2n) is 5.39. The van der Waals surface area contributed by atoms with Crippen molar-refractivity contribution in [1.82, 2.24) is 14.6 Å². The Balaban J connectivity index is 1.74. The van der Waals surface area contributed by atoms with E-state index < -0.39 is 0 Å². The lowest BCUT2D eigenvalue weighted by Gasteiger charge is -2.26. The quantitative estimate of drug-likeness (QED) is 0.931. The van der Waals surface area contributed by atoms with Gasteiger partial charge in [0, 0.05) is 17.5 Å². The highest BCUT2D eigenvalue weighted by molar-refractivity contribution is 8.00. The van der Waals surface area contributed by atoms with Crippen molar-refractivity contribution >= 4 is 23.4 Å². The van der Waals surface area contributed by atoms with Gasteiger partial charge in [-0.3, -0.25) is 0 Å². The van der Waals surface area contributed by atoms with Crippen LogP contribution in [0.5, 0.6) is 0 Å². The van der Waals surface area contributed by atoms with E-state index in [9.17, 15) is 0 Å². The molecule has 0 aliphatic heterocycles. The highest BCUT2D eigenvalue weighted by Gasteiger charge is 2.32. The molecule has 0 atom stereocenters.